The van der Waals surface area contributed by atoms with Crippen molar-refractivity contribution < 1.29 is 13.6 Å². The number of halogens is 3. The fourth-order valence-corrected chi connectivity index (χ4v) is 3.90. The van der Waals surface area contributed by atoms with E-state index in [2.05, 4.69) is 25.9 Å². The fourth-order valence-electron chi connectivity index (χ4n) is 3.18. The number of carbonyl (C=O) groups is 1. The van der Waals surface area contributed by atoms with Crippen molar-refractivity contribution in [2.75, 3.05) is 38.1 Å². The number of hydrogen-bond acceptors (Lipinski definition) is 5. The third kappa shape index (κ3) is 6.24. The van der Waals surface area contributed by atoms with E-state index in [4.69, 9.17) is 0 Å². The van der Waals surface area contributed by atoms with Gasteiger partial charge in [-0.3, -0.25) is 9.79 Å². The summed E-state index contributed by atoms with van der Waals surface area (Å²) in [5.41, 5.74) is 2.78. The number of benzene rings is 1. The average Bonchev–Trinajstić information content (AvgIpc) is 3.33. The summed E-state index contributed by atoms with van der Waals surface area (Å²) >= 11 is 1.32. The molecular weight excluding hydrogens is 525 g/mol. The molecule has 1 aromatic heterocycles. The van der Waals surface area contributed by atoms with Gasteiger partial charge in [-0.1, -0.05) is 0 Å². The Morgan fingerprint density at radius 2 is 2.10 bits per heavy atom. The summed E-state index contributed by atoms with van der Waals surface area (Å²) in [6.07, 6.45) is 0.804. The predicted octanol–water partition coefficient (Wildman–Crippen LogP) is 2.52. The van der Waals surface area contributed by atoms with E-state index in [1.165, 1.54) is 23.5 Å². The van der Waals surface area contributed by atoms with Crippen LogP contribution in [0.4, 0.5) is 14.5 Å². The highest BCUT2D eigenvalue weighted by atomic mass is 127. The van der Waals surface area contributed by atoms with Gasteiger partial charge in [0.1, 0.15) is 16.5 Å². The van der Waals surface area contributed by atoms with Gasteiger partial charge in [0.05, 0.1) is 16.9 Å². The number of anilines is 1. The largest absolute Gasteiger partial charge is 0.367 e. The first-order valence-corrected chi connectivity index (χ1v) is 10.2. The lowest BCUT2D eigenvalue weighted by atomic mass is 10.2. The van der Waals surface area contributed by atoms with Crippen LogP contribution in [0.25, 0.3) is 0 Å². The Balaban J connectivity index is 0.00000320. The number of nitrogens with one attached hydrogen (secondary N) is 3. The molecule has 0 aliphatic carbocycles. The zero-order chi connectivity index (χ0) is 20.8. The second kappa shape index (κ2) is 11.4. The maximum Gasteiger partial charge on any atom is 0.263 e. The van der Waals surface area contributed by atoms with Gasteiger partial charge in [-0.2, -0.15) is 0 Å². The zero-order valence-corrected chi connectivity index (χ0v) is 19.9. The van der Waals surface area contributed by atoms with Crippen LogP contribution < -0.4 is 20.9 Å². The van der Waals surface area contributed by atoms with Crippen molar-refractivity contribution in [3.8, 4) is 0 Å². The minimum Gasteiger partial charge on any atom is -0.367 e. The minimum absolute atomic E-state index is 0. The van der Waals surface area contributed by atoms with Gasteiger partial charge < -0.3 is 20.9 Å². The Labute approximate surface area is 195 Å². The molecule has 3 N–H and O–H groups in total. The molecule has 11 heteroatoms. The molecule has 3 rings (SSSR count). The second-order valence-corrected chi connectivity index (χ2v) is 7.55. The minimum atomic E-state index is -0.581. The standard InChI is InChI=1S/C19H24F2N6OS.HI/c1-12-17(29-11-25-12)18(28)23-6-7-24-19(22-2)26-14-5-8-27(10-14)16-4-3-13(20)9-15(16)21;/h3-4,9,11,14H,5-8,10H2,1-2H3,(H,23,28)(H2,22,24,26);1H. The maximum absolute atomic E-state index is 14.0. The molecule has 0 saturated carbocycles. The van der Waals surface area contributed by atoms with E-state index in [0.29, 0.717) is 42.7 Å². The van der Waals surface area contributed by atoms with E-state index in [9.17, 15) is 13.6 Å². The SMILES string of the molecule is CN=C(NCCNC(=O)c1scnc1C)NC1CCN(c2ccc(F)cc2F)C1.I. The van der Waals surface area contributed by atoms with Crippen molar-refractivity contribution in [3.05, 3.63) is 45.9 Å². The van der Waals surface area contributed by atoms with E-state index < -0.39 is 11.6 Å². The number of rotatable bonds is 6. The third-order valence-corrected chi connectivity index (χ3v) is 5.59. The molecule has 30 heavy (non-hydrogen) atoms. The van der Waals surface area contributed by atoms with Gasteiger partial charge in [0, 0.05) is 45.3 Å². The molecule has 1 saturated heterocycles. The summed E-state index contributed by atoms with van der Waals surface area (Å²) in [5.74, 6) is -0.662. The number of hydrogen-bond donors (Lipinski definition) is 3. The van der Waals surface area contributed by atoms with E-state index in [-0.39, 0.29) is 35.9 Å². The van der Waals surface area contributed by atoms with Crippen molar-refractivity contribution in [2.24, 2.45) is 4.99 Å². The Hall–Kier alpha value is -2.02. The van der Waals surface area contributed by atoms with Gasteiger partial charge in [-0.25, -0.2) is 13.8 Å². The number of thiazole rings is 1. The van der Waals surface area contributed by atoms with Crippen LogP contribution in [0.1, 0.15) is 21.8 Å². The molecule has 1 atom stereocenters. The number of aromatic nitrogens is 1. The summed E-state index contributed by atoms with van der Waals surface area (Å²) in [6, 6.07) is 3.72. The van der Waals surface area contributed by atoms with Crippen LogP contribution in [0.2, 0.25) is 0 Å². The van der Waals surface area contributed by atoms with E-state index >= 15 is 0 Å². The number of nitrogens with zero attached hydrogens (tertiary/aromatic N) is 3. The molecule has 1 unspecified atom stereocenters. The van der Waals surface area contributed by atoms with Crippen molar-refractivity contribution in [3.63, 3.8) is 0 Å². The van der Waals surface area contributed by atoms with Crippen LogP contribution in [0.5, 0.6) is 0 Å². The van der Waals surface area contributed by atoms with Gasteiger partial charge in [0.15, 0.2) is 5.96 Å². The first-order valence-electron chi connectivity index (χ1n) is 9.33. The molecule has 2 heterocycles. The topological polar surface area (TPSA) is 81.6 Å². The quantitative estimate of drug-likeness (QED) is 0.223. The summed E-state index contributed by atoms with van der Waals surface area (Å²) in [4.78, 5) is 22.8. The van der Waals surface area contributed by atoms with Crippen LogP contribution in [0.15, 0.2) is 28.7 Å². The molecule has 164 valence electrons. The monoisotopic (exact) mass is 550 g/mol. The lowest BCUT2D eigenvalue weighted by Crippen LogP contribution is -2.46. The molecule has 2 aromatic rings. The highest BCUT2D eigenvalue weighted by molar-refractivity contribution is 14.0. The number of amides is 1. The summed E-state index contributed by atoms with van der Waals surface area (Å²) in [6.45, 7) is 4.00. The van der Waals surface area contributed by atoms with Gasteiger partial charge in [0.2, 0.25) is 0 Å². The summed E-state index contributed by atoms with van der Waals surface area (Å²) < 4.78 is 27.1. The summed E-state index contributed by atoms with van der Waals surface area (Å²) in [5, 5.41) is 9.30. The molecule has 1 aliphatic rings. The molecule has 0 spiro atoms. The van der Waals surface area contributed by atoms with Crippen molar-refractivity contribution >= 4 is 52.9 Å². The van der Waals surface area contributed by atoms with Gasteiger partial charge >= 0.3 is 0 Å². The van der Waals surface area contributed by atoms with E-state index in [1.54, 1.807) is 19.5 Å². The maximum atomic E-state index is 14.0. The molecule has 7 nitrogen and oxygen atoms in total. The smallest absolute Gasteiger partial charge is 0.263 e. The normalized spacial score (nSPS) is 16.2. The predicted molar refractivity (Wildman–Crippen MR) is 126 cm³/mol. The van der Waals surface area contributed by atoms with Crippen LogP contribution in [0.3, 0.4) is 0 Å². The number of guanidine groups is 1. The molecule has 1 aromatic carbocycles. The van der Waals surface area contributed by atoms with E-state index in [1.807, 2.05) is 4.90 Å². The highest BCUT2D eigenvalue weighted by Crippen LogP contribution is 2.24. The Morgan fingerprint density at radius 1 is 1.33 bits per heavy atom. The number of aryl methyl sites for hydroxylation is 1. The van der Waals surface area contributed by atoms with Crippen LogP contribution in [-0.2, 0) is 0 Å². The first-order chi connectivity index (χ1) is 14.0. The molecule has 0 bridgehead atoms. The average molecular weight is 550 g/mol. The van der Waals surface area contributed by atoms with Crippen LogP contribution in [0, 0.1) is 18.6 Å². The molecule has 1 fully saturated rings. The Morgan fingerprint density at radius 3 is 2.77 bits per heavy atom. The molecule has 1 amide bonds. The number of aliphatic imine (C=N–C) groups is 1. The van der Waals surface area contributed by atoms with Crippen molar-refractivity contribution in [1.82, 2.24) is 20.9 Å². The van der Waals surface area contributed by atoms with Crippen LogP contribution >= 0.6 is 35.3 Å². The van der Waals surface area contributed by atoms with Crippen LogP contribution in [-0.4, -0.2) is 56.1 Å². The number of carbonyl (C=O) groups excluding carboxylic acids is 1. The Bertz CT molecular complexity index is 894. The van der Waals surface area contributed by atoms with Crippen molar-refractivity contribution in [2.45, 2.75) is 19.4 Å². The highest BCUT2D eigenvalue weighted by Gasteiger charge is 2.25. The Kier molecular flexibility index (Phi) is 9.21. The summed E-state index contributed by atoms with van der Waals surface area (Å²) in [7, 11) is 1.67. The lowest BCUT2D eigenvalue weighted by molar-refractivity contribution is 0.0957. The molecule has 1 aliphatic heterocycles. The first kappa shape index (κ1) is 24.3. The second-order valence-electron chi connectivity index (χ2n) is 6.69. The fraction of sp³-hybridized carbons (Fsp3) is 0.421. The van der Waals surface area contributed by atoms with Gasteiger partial charge in [-0.15, -0.1) is 35.3 Å². The van der Waals surface area contributed by atoms with E-state index in [0.717, 1.165) is 18.2 Å². The molecular formula is C19H25F2IN6OS. The van der Waals surface area contributed by atoms with Gasteiger partial charge in [-0.05, 0) is 25.5 Å². The van der Waals surface area contributed by atoms with Crippen molar-refractivity contribution in [1.29, 1.82) is 0 Å². The zero-order valence-electron chi connectivity index (χ0n) is 16.7. The molecule has 0 radical (unpaired) electrons. The lowest BCUT2D eigenvalue weighted by Gasteiger charge is -2.21. The third-order valence-electron chi connectivity index (χ3n) is 4.66. The van der Waals surface area contributed by atoms with Gasteiger partial charge in [0.25, 0.3) is 5.91 Å².